The van der Waals surface area contributed by atoms with Crippen molar-refractivity contribution in [2.45, 2.75) is 12.3 Å². The first-order chi connectivity index (χ1) is 11.4. The van der Waals surface area contributed by atoms with Crippen LogP contribution in [0.4, 0.5) is 10.2 Å². The summed E-state index contributed by atoms with van der Waals surface area (Å²) in [7, 11) is -3.03. The van der Waals surface area contributed by atoms with E-state index in [1.165, 1.54) is 18.4 Å². The normalized spacial score (nSPS) is 11.6. The van der Waals surface area contributed by atoms with Crippen LogP contribution in [0.2, 0.25) is 0 Å². The van der Waals surface area contributed by atoms with E-state index in [1.54, 1.807) is 18.2 Å². The lowest BCUT2D eigenvalue weighted by molar-refractivity contribution is 0.601. The van der Waals surface area contributed by atoms with Crippen LogP contribution in [0.3, 0.4) is 0 Å². The van der Waals surface area contributed by atoms with Crippen LogP contribution in [-0.2, 0) is 22.1 Å². The number of benzene rings is 2. The van der Waals surface area contributed by atoms with Gasteiger partial charge in [0, 0.05) is 24.3 Å². The summed E-state index contributed by atoms with van der Waals surface area (Å²) in [5.41, 5.74) is 2.37. The van der Waals surface area contributed by atoms with Gasteiger partial charge in [0.15, 0.2) is 9.84 Å². The Balaban J connectivity index is 1.69. The van der Waals surface area contributed by atoms with Crippen molar-refractivity contribution in [1.82, 2.24) is 4.98 Å². The molecule has 0 saturated carbocycles. The second-order valence-corrected chi connectivity index (χ2v) is 7.91. The van der Waals surface area contributed by atoms with E-state index in [1.807, 2.05) is 24.3 Å². The SMILES string of the molecule is CS(=O)(=O)Cc1ccc(CNc2ccc3ccc(F)cc3n2)cc1. The Morgan fingerprint density at radius 1 is 1.00 bits per heavy atom. The molecule has 1 aromatic heterocycles. The molecule has 124 valence electrons. The van der Waals surface area contributed by atoms with Crippen molar-refractivity contribution >= 4 is 26.6 Å². The van der Waals surface area contributed by atoms with Crippen LogP contribution >= 0.6 is 0 Å². The third kappa shape index (κ3) is 4.29. The van der Waals surface area contributed by atoms with Gasteiger partial charge in [0.1, 0.15) is 11.6 Å². The summed E-state index contributed by atoms with van der Waals surface area (Å²) < 4.78 is 35.8. The third-order valence-corrected chi connectivity index (χ3v) is 4.44. The predicted molar refractivity (Wildman–Crippen MR) is 94.0 cm³/mol. The zero-order chi connectivity index (χ0) is 17.2. The van der Waals surface area contributed by atoms with Gasteiger partial charge in [-0.1, -0.05) is 24.3 Å². The fourth-order valence-corrected chi connectivity index (χ4v) is 3.24. The van der Waals surface area contributed by atoms with E-state index in [0.29, 0.717) is 17.9 Å². The lowest BCUT2D eigenvalue weighted by Gasteiger charge is -2.08. The summed E-state index contributed by atoms with van der Waals surface area (Å²) in [6.45, 7) is 0.549. The first-order valence-corrected chi connectivity index (χ1v) is 9.51. The molecule has 2 aromatic carbocycles. The summed E-state index contributed by atoms with van der Waals surface area (Å²) in [4.78, 5) is 4.39. The molecule has 0 unspecified atom stereocenters. The summed E-state index contributed by atoms with van der Waals surface area (Å²) in [6.07, 6.45) is 1.22. The lowest BCUT2D eigenvalue weighted by Crippen LogP contribution is -2.03. The van der Waals surface area contributed by atoms with Crippen LogP contribution in [0, 0.1) is 5.82 Å². The molecule has 0 aliphatic carbocycles. The molecule has 0 aliphatic rings. The highest BCUT2D eigenvalue weighted by Gasteiger charge is 2.04. The third-order valence-electron chi connectivity index (χ3n) is 3.58. The Labute approximate surface area is 140 Å². The molecule has 0 amide bonds. The Morgan fingerprint density at radius 3 is 2.38 bits per heavy atom. The fraction of sp³-hybridized carbons (Fsp3) is 0.167. The van der Waals surface area contributed by atoms with Crippen LogP contribution < -0.4 is 5.32 Å². The molecule has 0 aliphatic heterocycles. The van der Waals surface area contributed by atoms with E-state index in [4.69, 9.17) is 0 Å². The zero-order valence-electron chi connectivity index (χ0n) is 13.2. The first kappa shape index (κ1) is 16.4. The number of nitrogens with one attached hydrogen (secondary N) is 1. The second-order valence-electron chi connectivity index (χ2n) is 5.77. The molecule has 0 bridgehead atoms. The van der Waals surface area contributed by atoms with Gasteiger partial charge in [0.2, 0.25) is 0 Å². The standard InChI is InChI=1S/C18H17FN2O2S/c1-24(22,23)12-14-4-2-13(3-5-14)11-20-18-9-7-15-6-8-16(19)10-17(15)21-18/h2-10H,11-12H2,1H3,(H,20,21). The van der Waals surface area contributed by atoms with E-state index >= 15 is 0 Å². The van der Waals surface area contributed by atoms with Crippen LogP contribution in [0.25, 0.3) is 10.9 Å². The molecule has 0 fully saturated rings. The molecule has 1 N–H and O–H groups in total. The van der Waals surface area contributed by atoms with Crippen molar-refractivity contribution in [3.8, 4) is 0 Å². The smallest absolute Gasteiger partial charge is 0.151 e. The fourth-order valence-electron chi connectivity index (χ4n) is 2.44. The summed E-state index contributed by atoms with van der Waals surface area (Å²) >= 11 is 0. The van der Waals surface area contributed by atoms with E-state index in [0.717, 1.165) is 16.5 Å². The van der Waals surface area contributed by atoms with Gasteiger partial charge in [-0.25, -0.2) is 17.8 Å². The number of fused-ring (bicyclic) bond motifs is 1. The van der Waals surface area contributed by atoms with E-state index < -0.39 is 9.84 Å². The highest BCUT2D eigenvalue weighted by atomic mass is 32.2. The molecule has 24 heavy (non-hydrogen) atoms. The number of pyridine rings is 1. The molecule has 3 rings (SSSR count). The lowest BCUT2D eigenvalue weighted by atomic mass is 10.1. The zero-order valence-corrected chi connectivity index (χ0v) is 14.0. The van der Waals surface area contributed by atoms with Gasteiger partial charge in [0.25, 0.3) is 0 Å². The van der Waals surface area contributed by atoms with Gasteiger partial charge in [0.05, 0.1) is 11.3 Å². The number of rotatable bonds is 5. The van der Waals surface area contributed by atoms with Crippen molar-refractivity contribution in [1.29, 1.82) is 0 Å². The van der Waals surface area contributed by atoms with Gasteiger partial charge >= 0.3 is 0 Å². The average molecular weight is 344 g/mol. The summed E-state index contributed by atoms with van der Waals surface area (Å²) in [5, 5.41) is 4.07. The number of hydrogen-bond acceptors (Lipinski definition) is 4. The minimum absolute atomic E-state index is 0.0402. The van der Waals surface area contributed by atoms with Gasteiger partial charge < -0.3 is 5.32 Å². The summed E-state index contributed by atoms with van der Waals surface area (Å²) in [6, 6.07) is 15.6. The van der Waals surface area contributed by atoms with Gasteiger partial charge in [-0.05, 0) is 35.4 Å². The Morgan fingerprint density at radius 2 is 1.67 bits per heavy atom. The Kier molecular flexibility index (Phi) is 4.49. The maximum atomic E-state index is 13.3. The van der Waals surface area contributed by atoms with Crippen molar-refractivity contribution in [2.75, 3.05) is 11.6 Å². The number of sulfone groups is 1. The average Bonchev–Trinajstić information content (AvgIpc) is 2.52. The van der Waals surface area contributed by atoms with Gasteiger partial charge in [-0.2, -0.15) is 0 Å². The van der Waals surface area contributed by atoms with Crippen LogP contribution in [0.5, 0.6) is 0 Å². The van der Waals surface area contributed by atoms with Crippen molar-refractivity contribution in [2.24, 2.45) is 0 Å². The molecular weight excluding hydrogens is 327 g/mol. The molecule has 1 heterocycles. The minimum atomic E-state index is -3.03. The molecule has 6 heteroatoms. The monoisotopic (exact) mass is 344 g/mol. The largest absolute Gasteiger partial charge is 0.366 e. The molecule has 4 nitrogen and oxygen atoms in total. The van der Waals surface area contributed by atoms with Gasteiger partial charge in [-0.3, -0.25) is 0 Å². The molecule has 3 aromatic rings. The summed E-state index contributed by atoms with van der Waals surface area (Å²) in [5.74, 6) is 0.389. The number of nitrogens with zero attached hydrogens (tertiary/aromatic N) is 1. The first-order valence-electron chi connectivity index (χ1n) is 7.45. The quantitative estimate of drug-likeness (QED) is 0.769. The molecule has 0 saturated heterocycles. The predicted octanol–water partition coefficient (Wildman–Crippen LogP) is 3.53. The minimum Gasteiger partial charge on any atom is -0.366 e. The molecule has 0 atom stereocenters. The number of anilines is 1. The van der Waals surface area contributed by atoms with E-state index in [2.05, 4.69) is 10.3 Å². The van der Waals surface area contributed by atoms with Crippen molar-refractivity contribution < 1.29 is 12.8 Å². The highest BCUT2D eigenvalue weighted by Crippen LogP contribution is 2.17. The topological polar surface area (TPSA) is 59.1 Å². The van der Waals surface area contributed by atoms with Crippen molar-refractivity contribution in [3.63, 3.8) is 0 Å². The number of hydrogen-bond donors (Lipinski definition) is 1. The maximum Gasteiger partial charge on any atom is 0.151 e. The van der Waals surface area contributed by atoms with Crippen LogP contribution in [0.1, 0.15) is 11.1 Å². The molecule has 0 radical (unpaired) electrons. The number of aromatic nitrogens is 1. The molecular formula is C18H17FN2O2S. The van der Waals surface area contributed by atoms with Crippen LogP contribution in [0.15, 0.2) is 54.6 Å². The number of halogens is 1. The van der Waals surface area contributed by atoms with Crippen molar-refractivity contribution in [3.05, 3.63) is 71.5 Å². The Bertz CT molecular complexity index is 970. The second kappa shape index (κ2) is 6.57. The Hall–Kier alpha value is -2.47. The van der Waals surface area contributed by atoms with Gasteiger partial charge in [-0.15, -0.1) is 0 Å². The van der Waals surface area contributed by atoms with E-state index in [-0.39, 0.29) is 11.6 Å². The molecule has 0 spiro atoms. The highest BCUT2D eigenvalue weighted by molar-refractivity contribution is 7.89. The maximum absolute atomic E-state index is 13.3. The van der Waals surface area contributed by atoms with Crippen LogP contribution in [-0.4, -0.2) is 19.7 Å². The van der Waals surface area contributed by atoms with E-state index in [9.17, 15) is 12.8 Å².